The summed E-state index contributed by atoms with van der Waals surface area (Å²) in [5, 5.41) is 2.82. The zero-order chi connectivity index (χ0) is 22.5. The normalized spacial score (nSPS) is 16.0. The molecule has 160 valence electrons. The molecular formula is C22H17Cl2FN2O3S. The van der Waals surface area contributed by atoms with Crippen LogP contribution in [0.15, 0.2) is 58.7 Å². The lowest BCUT2D eigenvalue weighted by Gasteiger charge is -2.36. The number of carbonyl (C=O) groups excluding carboxylic acids is 2. The number of esters is 1. The number of carbonyl (C=O) groups is 2. The number of hydrogen-bond donors (Lipinski definition) is 0. The average Bonchev–Trinajstić information content (AvgIpc) is 2.76. The van der Waals surface area contributed by atoms with Crippen molar-refractivity contribution < 1.29 is 18.7 Å². The van der Waals surface area contributed by atoms with Gasteiger partial charge in [0.25, 0.3) is 5.91 Å². The van der Waals surface area contributed by atoms with Gasteiger partial charge in [-0.1, -0.05) is 35.3 Å². The highest BCUT2D eigenvalue weighted by Gasteiger charge is 2.36. The Balaban J connectivity index is 2.09. The second-order valence-electron chi connectivity index (χ2n) is 6.68. The number of thiocarbonyl (C=S) groups is 1. The molecule has 0 bridgehead atoms. The van der Waals surface area contributed by atoms with E-state index in [0.29, 0.717) is 27.4 Å². The number of nitrogens with zero attached hydrogens (tertiary/aromatic N) is 2. The lowest BCUT2D eigenvalue weighted by atomic mass is 9.91. The first kappa shape index (κ1) is 23.1. The largest absolute Gasteiger partial charge is 0.463 e. The summed E-state index contributed by atoms with van der Waals surface area (Å²) >= 11 is 16.8. The Morgan fingerprint density at radius 1 is 1.23 bits per heavy atom. The van der Waals surface area contributed by atoms with E-state index in [1.807, 2.05) is 0 Å². The van der Waals surface area contributed by atoms with E-state index in [4.69, 9.17) is 40.2 Å². The van der Waals surface area contributed by atoms with Gasteiger partial charge in [-0.15, -0.1) is 0 Å². The van der Waals surface area contributed by atoms with Crippen molar-refractivity contribution in [2.75, 3.05) is 13.2 Å². The molecule has 5 nitrogen and oxygen atoms in total. The second-order valence-corrected chi connectivity index (χ2v) is 7.68. The van der Waals surface area contributed by atoms with E-state index in [2.05, 4.69) is 10.2 Å². The van der Waals surface area contributed by atoms with E-state index in [-0.39, 0.29) is 30.5 Å². The van der Waals surface area contributed by atoms with Gasteiger partial charge in [0.2, 0.25) is 0 Å². The molecule has 1 atom stereocenters. The van der Waals surface area contributed by atoms with Crippen molar-refractivity contribution in [3.8, 4) is 0 Å². The van der Waals surface area contributed by atoms with Crippen molar-refractivity contribution in [2.24, 2.45) is 4.99 Å². The molecule has 3 rings (SSSR count). The molecule has 0 N–H and O–H groups in total. The Hall–Kier alpha value is -2.57. The fourth-order valence-electron chi connectivity index (χ4n) is 3.36. The molecule has 31 heavy (non-hydrogen) atoms. The van der Waals surface area contributed by atoms with Crippen molar-refractivity contribution in [2.45, 2.75) is 19.4 Å². The molecule has 9 heteroatoms. The molecule has 0 saturated heterocycles. The summed E-state index contributed by atoms with van der Waals surface area (Å²) in [5.41, 5.74) is 1.56. The first-order valence-electron chi connectivity index (χ1n) is 9.34. The summed E-state index contributed by atoms with van der Waals surface area (Å²) in [6.07, 6.45) is 0.118. The second kappa shape index (κ2) is 10.2. The third kappa shape index (κ3) is 5.20. The fourth-order valence-corrected chi connectivity index (χ4v) is 3.76. The van der Waals surface area contributed by atoms with Gasteiger partial charge >= 0.3 is 5.97 Å². The van der Waals surface area contributed by atoms with Gasteiger partial charge in [-0.05, 0) is 55.0 Å². The van der Waals surface area contributed by atoms with Gasteiger partial charge in [0.15, 0.2) is 0 Å². The molecule has 0 radical (unpaired) electrons. The van der Waals surface area contributed by atoms with E-state index in [9.17, 15) is 14.0 Å². The first-order chi connectivity index (χ1) is 14.8. The molecule has 1 heterocycles. The summed E-state index contributed by atoms with van der Waals surface area (Å²) in [4.78, 5) is 31.5. The summed E-state index contributed by atoms with van der Waals surface area (Å²) in [5.74, 6) is -1.30. The van der Waals surface area contributed by atoms with Crippen LogP contribution in [0.5, 0.6) is 0 Å². The van der Waals surface area contributed by atoms with E-state index in [0.717, 1.165) is 0 Å². The highest BCUT2D eigenvalue weighted by Crippen LogP contribution is 2.37. The summed E-state index contributed by atoms with van der Waals surface area (Å²) in [6, 6.07) is 9.75. The minimum atomic E-state index is -0.564. The van der Waals surface area contributed by atoms with Crippen molar-refractivity contribution in [1.29, 1.82) is 0 Å². The van der Waals surface area contributed by atoms with Crippen molar-refractivity contribution in [3.05, 3.63) is 80.7 Å². The van der Waals surface area contributed by atoms with E-state index in [1.165, 1.54) is 29.2 Å². The number of benzene rings is 2. The van der Waals surface area contributed by atoms with E-state index < -0.39 is 17.8 Å². The molecule has 0 saturated carbocycles. The molecular weight excluding hydrogens is 462 g/mol. The minimum Gasteiger partial charge on any atom is -0.463 e. The van der Waals surface area contributed by atoms with Gasteiger partial charge in [0.1, 0.15) is 5.82 Å². The van der Waals surface area contributed by atoms with Gasteiger partial charge in [-0.25, -0.2) is 9.18 Å². The van der Waals surface area contributed by atoms with Crippen LogP contribution in [0.3, 0.4) is 0 Å². The molecule has 1 amide bonds. The fraction of sp³-hybridized carbons (Fsp3) is 0.227. The number of aliphatic imine (C=N–C) groups is 1. The maximum absolute atomic E-state index is 13.5. The van der Waals surface area contributed by atoms with Crippen LogP contribution in [0.4, 0.5) is 4.39 Å². The van der Waals surface area contributed by atoms with Crippen molar-refractivity contribution in [3.63, 3.8) is 0 Å². The highest BCUT2D eigenvalue weighted by atomic mass is 35.5. The maximum atomic E-state index is 13.5. The Kier molecular flexibility index (Phi) is 7.57. The first-order valence-corrected chi connectivity index (χ1v) is 10.5. The molecule has 0 aromatic heterocycles. The molecule has 1 unspecified atom stereocenters. The van der Waals surface area contributed by atoms with Crippen LogP contribution in [0, 0.1) is 5.82 Å². The van der Waals surface area contributed by atoms with Crippen LogP contribution in [0.1, 0.15) is 35.3 Å². The standard InChI is InChI=1S/C22H17Cl2FN2O3S/c1-2-30-22(29)16-10-20(13-3-6-15(25)7-4-13)27(11-19(16)26-12-31)21(28)14-5-8-17(23)18(24)9-14/h3-9,20H,2,10-11H2,1H3. The highest BCUT2D eigenvalue weighted by molar-refractivity contribution is 7.78. The monoisotopic (exact) mass is 478 g/mol. The van der Waals surface area contributed by atoms with Crippen LogP contribution in [0.2, 0.25) is 10.0 Å². The predicted molar refractivity (Wildman–Crippen MR) is 120 cm³/mol. The summed E-state index contributed by atoms with van der Waals surface area (Å²) in [6.45, 7) is 1.87. The van der Waals surface area contributed by atoms with Crippen LogP contribution >= 0.6 is 35.4 Å². The SMILES string of the molecule is CCOC(=O)C1=C(N=C=S)CN(C(=O)c2ccc(Cl)c(Cl)c2)C(c2ccc(F)cc2)C1. The van der Waals surface area contributed by atoms with E-state index >= 15 is 0 Å². The average molecular weight is 479 g/mol. The molecule has 1 aliphatic rings. The van der Waals surface area contributed by atoms with Gasteiger partial charge in [0.05, 0.1) is 45.7 Å². The van der Waals surface area contributed by atoms with Crippen LogP contribution in [-0.2, 0) is 9.53 Å². The number of rotatable bonds is 5. The minimum absolute atomic E-state index is 0.0150. The predicted octanol–water partition coefficient (Wildman–Crippen LogP) is 5.64. The number of isothiocyanates is 1. The lowest BCUT2D eigenvalue weighted by molar-refractivity contribution is -0.139. The van der Waals surface area contributed by atoms with Gasteiger partial charge in [-0.2, -0.15) is 4.99 Å². The molecule has 0 fully saturated rings. The van der Waals surface area contributed by atoms with Crippen molar-refractivity contribution in [1.82, 2.24) is 4.90 Å². The maximum Gasteiger partial charge on any atom is 0.336 e. The molecule has 0 aliphatic carbocycles. The van der Waals surface area contributed by atoms with Gasteiger partial charge in [0, 0.05) is 12.0 Å². The Morgan fingerprint density at radius 3 is 2.55 bits per heavy atom. The number of amides is 1. The van der Waals surface area contributed by atoms with Crippen LogP contribution in [-0.4, -0.2) is 35.1 Å². The zero-order valence-electron chi connectivity index (χ0n) is 16.4. The Labute approximate surface area is 194 Å². The Bertz CT molecular complexity index is 1100. The molecule has 2 aromatic rings. The Morgan fingerprint density at radius 2 is 1.94 bits per heavy atom. The quantitative estimate of drug-likeness (QED) is 0.317. The molecule has 2 aromatic carbocycles. The number of hydrogen-bond acceptors (Lipinski definition) is 5. The van der Waals surface area contributed by atoms with Crippen molar-refractivity contribution >= 4 is 52.5 Å². The molecule has 1 aliphatic heterocycles. The number of halogens is 3. The van der Waals surface area contributed by atoms with Crippen LogP contribution < -0.4 is 0 Å². The smallest absolute Gasteiger partial charge is 0.336 e. The van der Waals surface area contributed by atoms with Crippen LogP contribution in [0.25, 0.3) is 0 Å². The van der Waals surface area contributed by atoms with Gasteiger partial charge in [-0.3, -0.25) is 4.79 Å². The topological polar surface area (TPSA) is 59.0 Å². The van der Waals surface area contributed by atoms with Gasteiger partial charge < -0.3 is 9.64 Å². The third-order valence-electron chi connectivity index (χ3n) is 4.83. The number of ether oxygens (including phenoxy) is 1. The third-order valence-corrected chi connectivity index (χ3v) is 5.66. The summed E-state index contributed by atoms with van der Waals surface area (Å²) < 4.78 is 18.7. The summed E-state index contributed by atoms with van der Waals surface area (Å²) in [7, 11) is 0. The zero-order valence-corrected chi connectivity index (χ0v) is 18.7. The molecule has 0 spiro atoms. The lowest BCUT2D eigenvalue weighted by Crippen LogP contribution is -2.40. The van der Waals surface area contributed by atoms with E-state index in [1.54, 1.807) is 25.1 Å².